The number of ether oxygens (including phenoxy) is 1. The summed E-state index contributed by atoms with van der Waals surface area (Å²) in [5.41, 5.74) is 5.27. The van der Waals surface area contributed by atoms with E-state index in [9.17, 15) is 9.90 Å². The van der Waals surface area contributed by atoms with Crippen LogP contribution in [0.3, 0.4) is 0 Å². The van der Waals surface area contributed by atoms with Crippen molar-refractivity contribution in [1.29, 1.82) is 0 Å². The lowest BCUT2D eigenvalue weighted by molar-refractivity contribution is 0.0597. The van der Waals surface area contributed by atoms with Gasteiger partial charge < -0.3 is 9.84 Å². The molecular formula is C23H18N2O3S. The summed E-state index contributed by atoms with van der Waals surface area (Å²) in [5, 5.41) is 12.0. The Labute approximate surface area is 172 Å². The summed E-state index contributed by atoms with van der Waals surface area (Å²) in [6.07, 6.45) is 11.6. The molecule has 5 nitrogen and oxygen atoms in total. The van der Waals surface area contributed by atoms with Crippen molar-refractivity contribution in [3.05, 3.63) is 107 Å². The summed E-state index contributed by atoms with van der Waals surface area (Å²) in [7, 11) is 1.34. The monoisotopic (exact) mass is 402 g/mol. The summed E-state index contributed by atoms with van der Waals surface area (Å²) >= 11 is 1.41. The molecule has 0 aliphatic heterocycles. The minimum Gasteiger partial charge on any atom is -0.465 e. The molecule has 1 aliphatic carbocycles. The molecular weight excluding hydrogens is 384 g/mol. The van der Waals surface area contributed by atoms with E-state index in [1.54, 1.807) is 24.5 Å². The zero-order valence-corrected chi connectivity index (χ0v) is 16.5. The molecule has 1 atom stereocenters. The van der Waals surface area contributed by atoms with Crippen LogP contribution in [0.15, 0.2) is 89.8 Å². The predicted molar refractivity (Wildman–Crippen MR) is 114 cm³/mol. The molecule has 4 rings (SSSR count). The van der Waals surface area contributed by atoms with E-state index in [1.165, 1.54) is 19.1 Å². The maximum Gasteiger partial charge on any atom is 0.340 e. The van der Waals surface area contributed by atoms with Crippen molar-refractivity contribution in [2.75, 3.05) is 7.11 Å². The molecule has 3 aromatic rings. The number of hydrogen-bond acceptors (Lipinski definition) is 5. The third kappa shape index (κ3) is 3.69. The van der Waals surface area contributed by atoms with Crippen LogP contribution in [0.5, 0.6) is 0 Å². The smallest absolute Gasteiger partial charge is 0.340 e. The normalized spacial score (nSPS) is 13.9. The Morgan fingerprint density at radius 1 is 1.24 bits per heavy atom. The van der Waals surface area contributed by atoms with Gasteiger partial charge in [0.15, 0.2) is 0 Å². The van der Waals surface area contributed by atoms with E-state index in [1.807, 2.05) is 58.6 Å². The number of pyridine rings is 1. The van der Waals surface area contributed by atoms with Gasteiger partial charge >= 0.3 is 5.97 Å². The molecule has 2 aromatic heterocycles. The molecule has 0 fully saturated rings. The van der Waals surface area contributed by atoms with Crippen LogP contribution in [0.4, 0.5) is 0 Å². The van der Waals surface area contributed by atoms with Crippen molar-refractivity contribution in [1.82, 2.24) is 8.96 Å². The second-order valence-electron chi connectivity index (χ2n) is 6.28. The molecule has 2 heterocycles. The van der Waals surface area contributed by atoms with Crippen LogP contribution in [-0.4, -0.2) is 27.1 Å². The number of nitrogens with zero attached hydrogens (tertiary/aromatic N) is 2. The Bertz CT molecular complexity index is 1190. The number of hydrogen-bond donors (Lipinski definition) is 1. The van der Waals surface area contributed by atoms with E-state index in [0.717, 1.165) is 10.4 Å². The third-order valence-corrected chi connectivity index (χ3v) is 5.54. The molecule has 0 amide bonds. The third-order valence-electron chi connectivity index (χ3n) is 4.50. The van der Waals surface area contributed by atoms with Crippen LogP contribution in [0, 0.1) is 0 Å². The summed E-state index contributed by atoms with van der Waals surface area (Å²) in [6.45, 7) is 0. The predicted octanol–water partition coefficient (Wildman–Crippen LogP) is 4.57. The van der Waals surface area contributed by atoms with Gasteiger partial charge in [0, 0.05) is 28.2 Å². The number of benzene rings is 1. The molecule has 0 saturated carbocycles. The zero-order valence-electron chi connectivity index (χ0n) is 15.6. The summed E-state index contributed by atoms with van der Waals surface area (Å²) in [4.78, 5) is 17.7. The molecule has 144 valence electrons. The molecule has 1 unspecified atom stereocenters. The van der Waals surface area contributed by atoms with E-state index in [0.29, 0.717) is 22.2 Å². The maximum absolute atomic E-state index is 12.7. The van der Waals surface area contributed by atoms with Crippen molar-refractivity contribution in [3.63, 3.8) is 0 Å². The Kier molecular flexibility index (Phi) is 5.49. The van der Waals surface area contributed by atoms with Crippen molar-refractivity contribution in [3.8, 4) is 0 Å². The number of aliphatic hydroxyl groups excluding tert-OH is 1. The number of allylic oxidation sites excluding steroid dienone is 4. The number of esters is 1. The fourth-order valence-electron chi connectivity index (χ4n) is 3.19. The summed E-state index contributed by atoms with van der Waals surface area (Å²) in [5.74, 6) is -0.497. The lowest BCUT2D eigenvalue weighted by Gasteiger charge is -2.16. The number of methoxy groups -OCH3 is 1. The first-order valence-electron chi connectivity index (χ1n) is 8.98. The first kappa shape index (κ1) is 19.0. The molecule has 0 spiro atoms. The lowest BCUT2D eigenvalue weighted by atomic mass is 10.0. The molecule has 6 heteroatoms. The van der Waals surface area contributed by atoms with Crippen LogP contribution in [0.25, 0.3) is 10.9 Å². The SMILES string of the molecule is COC(=O)c1c(C(O)c2cccnc2)n(SC2=CC=CC=C=C2)c2ccccc12. The molecule has 29 heavy (non-hydrogen) atoms. The van der Waals surface area contributed by atoms with Gasteiger partial charge in [-0.05, 0) is 42.3 Å². The first-order chi connectivity index (χ1) is 14.2. The Morgan fingerprint density at radius 3 is 2.90 bits per heavy atom. The van der Waals surface area contributed by atoms with E-state index in [4.69, 9.17) is 4.74 Å². The van der Waals surface area contributed by atoms with E-state index < -0.39 is 12.1 Å². The molecule has 1 aromatic carbocycles. The number of aliphatic hydroxyl groups is 1. The van der Waals surface area contributed by atoms with Gasteiger partial charge in [-0.15, -0.1) is 5.73 Å². The van der Waals surface area contributed by atoms with E-state index in [2.05, 4.69) is 10.7 Å². The average Bonchev–Trinajstić information content (AvgIpc) is 2.90. The highest BCUT2D eigenvalue weighted by molar-refractivity contribution is 8.02. The summed E-state index contributed by atoms with van der Waals surface area (Å²) in [6, 6.07) is 11.1. The van der Waals surface area contributed by atoms with Crippen molar-refractivity contribution < 1.29 is 14.6 Å². The Hall–Kier alpha value is -3.31. The number of aromatic nitrogens is 2. The molecule has 1 aliphatic rings. The Morgan fingerprint density at radius 2 is 2.10 bits per heavy atom. The first-order valence-corrected chi connectivity index (χ1v) is 9.75. The highest BCUT2D eigenvalue weighted by Gasteiger charge is 2.29. The second-order valence-corrected chi connectivity index (χ2v) is 7.29. The average molecular weight is 402 g/mol. The molecule has 0 radical (unpaired) electrons. The van der Waals surface area contributed by atoms with Gasteiger partial charge in [0.1, 0.15) is 6.10 Å². The van der Waals surface area contributed by atoms with Crippen molar-refractivity contribution in [2.24, 2.45) is 0 Å². The quantitative estimate of drug-likeness (QED) is 0.500. The lowest BCUT2D eigenvalue weighted by Crippen LogP contribution is -2.12. The van der Waals surface area contributed by atoms with Crippen LogP contribution in [-0.2, 0) is 4.74 Å². The molecule has 1 N–H and O–H groups in total. The van der Waals surface area contributed by atoms with Crippen LogP contribution in [0.2, 0.25) is 0 Å². The number of fused-ring (bicyclic) bond motifs is 1. The van der Waals surface area contributed by atoms with Gasteiger partial charge in [0.25, 0.3) is 0 Å². The van der Waals surface area contributed by atoms with Crippen LogP contribution < -0.4 is 0 Å². The fourth-order valence-corrected chi connectivity index (χ4v) is 4.21. The minimum atomic E-state index is -1.06. The second kappa shape index (κ2) is 8.37. The standard InChI is InChI=1S/C23H18N2O3S/c1-28-23(27)20-18-12-6-7-13-19(18)25(29-17-10-4-2-3-5-11-17)21(20)22(26)16-9-8-14-24-15-16/h2-4,6-15,22,26H,1H3. The fraction of sp³-hybridized carbons (Fsp3) is 0.0870. The maximum atomic E-state index is 12.7. The van der Waals surface area contributed by atoms with E-state index in [-0.39, 0.29) is 0 Å². The number of para-hydroxylation sites is 1. The van der Waals surface area contributed by atoms with E-state index >= 15 is 0 Å². The highest BCUT2D eigenvalue weighted by atomic mass is 32.2. The molecule has 0 bridgehead atoms. The topological polar surface area (TPSA) is 64.3 Å². The van der Waals surface area contributed by atoms with Gasteiger partial charge in [0.05, 0.1) is 23.9 Å². The van der Waals surface area contributed by atoms with Crippen molar-refractivity contribution >= 4 is 28.8 Å². The number of carbonyl (C=O) groups is 1. The highest BCUT2D eigenvalue weighted by Crippen LogP contribution is 2.39. The summed E-state index contributed by atoms with van der Waals surface area (Å²) < 4.78 is 6.93. The Balaban J connectivity index is 1.97. The zero-order chi connectivity index (χ0) is 20.2. The van der Waals surface area contributed by atoms with Crippen LogP contribution >= 0.6 is 11.9 Å². The molecule has 0 saturated heterocycles. The van der Waals surface area contributed by atoms with Gasteiger partial charge in [-0.3, -0.25) is 8.96 Å². The van der Waals surface area contributed by atoms with Gasteiger partial charge in [0.2, 0.25) is 0 Å². The minimum absolute atomic E-state index is 0.344. The van der Waals surface area contributed by atoms with Gasteiger partial charge in [-0.25, -0.2) is 4.79 Å². The number of rotatable bonds is 5. The van der Waals surface area contributed by atoms with Gasteiger partial charge in [-0.2, -0.15) is 0 Å². The van der Waals surface area contributed by atoms with Crippen molar-refractivity contribution in [2.45, 2.75) is 6.10 Å². The largest absolute Gasteiger partial charge is 0.465 e. The van der Waals surface area contributed by atoms with Gasteiger partial charge in [-0.1, -0.05) is 36.4 Å². The number of carbonyl (C=O) groups excluding carboxylic acids is 1. The van der Waals surface area contributed by atoms with Crippen LogP contribution in [0.1, 0.15) is 27.7 Å².